The minimum atomic E-state index is -2.67. The molecule has 12 heavy (non-hydrogen) atoms. The maximum atomic E-state index is 9.63. The standard InChI is InChI=1S/C2H6O2S.C2H6OS.C2H6S/c1-5(2,3)4;1-4(2)3;1-3-2/h1-2H3;1-2H3;1-2H3. The van der Waals surface area contributed by atoms with Crippen molar-refractivity contribution in [2.24, 2.45) is 0 Å². The molecule has 0 atom stereocenters. The van der Waals surface area contributed by atoms with E-state index in [1.54, 1.807) is 24.3 Å². The summed E-state index contributed by atoms with van der Waals surface area (Å²) < 4.78 is 28.8. The first-order valence-corrected chi connectivity index (χ1v) is 8.85. The minimum absolute atomic E-state index is 0.611. The molecule has 0 unspecified atom stereocenters. The Morgan fingerprint density at radius 2 is 1.08 bits per heavy atom. The van der Waals surface area contributed by atoms with Crippen molar-refractivity contribution >= 4 is 32.4 Å². The summed E-state index contributed by atoms with van der Waals surface area (Å²) in [5, 5.41) is 0. The zero-order chi connectivity index (χ0) is 10.8. The predicted molar refractivity (Wildman–Crippen MR) is 60.2 cm³/mol. The van der Waals surface area contributed by atoms with Crippen LogP contribution in [0.4, 0.5) is 0 Å². The fourth-order valence-corrected chi connectivity index (χ4v) is 0. The van der Waals surface area contributed by atoms with Crippen LogP contribution < -0.4 is 0 Å². The third-order valence-electron chi connectivity index (χ3n) is 0. The van der Waals surface area contributed by atoms with Gasteiger partial charge in [-0.1, -0.05) is 0 Å². The average Bonchev–Trinajstić information content (AvgIpc) is 1.56. The molecule has 0 heterocycles. The second-order valence-electron chi connectivity index (χ2n) is 2.29. The van der Waals surface area contributed by atoms with Gasteiger partial charge in [0.2, 0.25) is 0 Å². The molecule has 0 aliphatic carbocycles. The highest BCUT2D eigenvalue weighted by molar-refractivity contribution is 7.97. The molecule has 0 aliphatic heterocycles. The number of rotatable bonds is 0. The summed E-state index contributed by atoms with van der Waals surface area (Å²) >= 11 is 1.75. The first-order chi connectivity index (χ1) is 5.15. The van der Waals surface area contributed by atoms with Gasteiger partial charge in [0.05, 0.1) is 0 Å². The summed E-state index contributed by atoms with van der Waals surface area (Å²) in [4.78, 5) is 0. The molecule has 0 rings (SSSR count). The summed E-state index contributed by atoms with van der Waals surface area (Å²) in [6.07, 6.45) is 9.68. The van der Waals surface area contributed by atoms with E-state index in [1.807, 2.05) is 12.5 Å². The maximum absolute atomic E-state index is 9.63. The van der Waals surface area contributed by atoms with Crippen LogP contribution in [0.3, 0.4) is 0 Å². The Kier molecular flexibility index (Phi) is 17.4. The van der Waals surface area contributed by atoms with Crippen LogP contribution in [0.15, 0.2) is 0 Å². The Labute approximate surface area is 82.7 Å². The molecule has 0 aromatic carbocycles. The molecule has 0 saturated heterocycles. The van der Waals surface area contributed by atoms with Gasteiger partial charge in [-0.3, -0.25) is 4.21 Å². The van der Waals surface area contributed by atoms with Crippen molar-refractivity contribution in [3.63, 3.8) is 0 Å². The second-order valence-corrected chi connectivity index (χ2v) is 6.88. The molecule has 3 nitrogen and oxygen atoms in total. The molecule has 0 amide bonds. The van der Waals surface area contributed by atoms with E-state index in [0.29, 0.717) is 0 Å². The van der Waals surface area contributed by atoms with Gasteiger partial charge >= 0.3 is 0 Å². The molecular weight excluding hydrogens is 216 g/mol. The lowest BCUT2D eigenvalue weighted by molar-refractivity contribution is 0.607. The summed E-state index contributed by atoms with van der Waals surface area (Å²) in [7, 11) is -3.28. The molecule has 6 heteroatoms. The van der Waals surface area contributed by atoms with Crippen LogP contribution in [0, 0.1) is 0 Å². The lowest BCUT2D eigenvalue weighted by Crippen LogP contribution is -1.86. The van der Waals surface area contributed by atoms with E-state index in [0.717, 1.165) is 12.5 Å². The van der Waals surface area contributed by atoms with Crippen LogP contribution in [0.25, 0.3) is 0 Å². The molecule has 0 N–H and O–H groups in total. The van der Waals surface area contributed by atoms with Crippen molar-refractivity contribution in [2.45, 2.75) is 0 Å². The van der Waals surface area contributed by atoms with Gasteiger partial charge in [0, 0.05) is 35.8 Å². The monoisotopic (exact) mass is 234 g/mol. The van der Waals surface area contributed by atoms with E-state index >= 15 is 0 Å². The van der Waals surface area contributed by atoms with Crippen LogP contribution in [0.1, 0.15) is 0 Å². The topological polar surface area (TPSA) is 51.2 Å². The Hall–Kier alpha value is 0.450. The van der Waals surface area contributed by atoms with Crippen molar-refractivity contribution in [2.75, 3.05) is 37.5 Å². The fraction of sp³-hybridized carbons (Fsp3) is 1.00. The molecule has 0 radical (unpaired) electrons. The summed E-state index contributed by atoms with van der Waals surface area (Å²) in [6.45, 7) is 0. The third kappa shape index (κ3) is 4610. The first-order valence-electron chi connectivity index (χ1n) is 2.95. The summed E-state index contributed by atoms with van der Waals surface area (Å²) in [6, 6.07) is 0. The fourth-order valence-electron chi connectivity index (χ4n) is 0. The van der Waals surface area contributed by atoms with Gasteiger partial charge < -0.3 is 0 Å². The smallest absolute Gasteiger partial charge is 0.144 e. The lowest BCUT2D eigenvalue weighted by Gasteiger charge is -1.69. The Bertz CT molecular complexity index is 172. The largest absolute Gasteiger partial charge is 0.260 e. The Balaban J connectivity index is -0.000000105. The van der Waals surface area contributed by atoms with Gasteiger partial charge in [0.15, 0.2) is 0 Å². The SMILES string of the molecule is CS(C)(=O)=O.CS(C)=O.CSC. The number of hydrogen-bond donors (Lipinski definition) is 0. The zero-order valence-corrected chi connectivity index (χ0v) is 10.9. The predicted octanol–water partition coefficient (Wildman–Crippen LogP) is 0.635. The van der Waals surface area contributed by atoms with E-state index in [4.69, 9.17) is 0 Å². The highest BCUT2D eigenvalue weighted by Gasteiger charge is 1.79. The van der Waals surface area contributed by atoms with Gasteiger partial charge in [0.25, 0.3) is 0 Å². The van der Waals surface area contributed by atoms with Crippen molar-refractivity contribution in [1.82, 2.24) is 0 Å². The highest BCUT2D eigenvalue weighted by atomic mass is 32.2. The van der Waals surface area contributed by atoms with Crippen LogP contribution in [-0.2, 0) is 20.6 Å². The molecule has 0 fully saturated rings. The molecule has 0 aromatic heterocycles. The normalized spacial score (nSPS) is 9.25. The van der Waals surface area contributed by atoms with E-state index in [1.165, 1.54) is 0 Å². The van der Waals surface area contributed by atoms with Crippen molar-refractivity contribution in [1.29, 1.82) is 0 Å². The van der Waals surface area contributed by atoms with Crippen molar-refractivity contribution < 1.29 is 12.6 Å². The molecule has 0 saturated carbocycles. The van der Waals surface area contributed by atoms with Gasteiger partial charge in [-0.2, -0.15) is 11.8 Å². The molecule has 0 aromatic rings. The van der Waals surface area contributed by atoms with E-state index in [2.05, 4.69) is 0 Å². The molecular formula is C6H18O3S3. The van der Waals surface area contributed by atoms with Crippen LogP contribution in [0.5, 0.6) is 0 Å². The third-order valence-corrected chi connectivity index (χ3v) is 0. The number of thioether (sulfide) groups is 1. The highest BCUT2D eigenvalue weighted by Crippen LogP contribution is 1.70. The Morgan fingerprint density at radius 1 is 1.08 bits per heavy atom. The maximum Gasteiger partial charge on any atom is 0.144 e. The molecule has 0 spiro atoms. The minimum Gasteiger partial charge on any atom is -0.260 e. The average molecular weight is 234 g/mol. The quantitative estimate of drug-likeness (QED) is 0.617. The number of hydrogen-bond acceptors (Lipinski definition) is 4. The molecule has 0 bridgehead atoms. The van der Waals surface area contributed by atoms with Crippen LogP contribution in [-0.4, -0.2) is 50.2 Å². The van der Waals surface area contributed by atoms with E-state index < -0.39 is 20.6 Å². The van der Waals surface area contributed by atoms with Gasteiger partial charge in [0.1, 0.15) is 9.84 Å². The Morgan fingerprint density at radius 3 is 1.08 bits per heavy atom. The van der Waals surface area contributed by atoms with Gasteiger partial charge in [-0.15, -0.1) is 0 Å². The van der Waals surface area contributed by atoms with Crippen LogP contribution in [0.2, 0.25) is 0 Å². The second kappa shape index (κ2) is 11.4. The first kappa shape index (κ1) is 18.3. The zero-order valence-electron chi connectivity index (χ0n) is 8.45. The summed E-state index contributed by atoms with van der Waals surface area (Å²) in [5.41, 5.74) is 0. The summed E-state index contributed by atoms with van der Waals surface area (Å²) in [5.74, 6) is 0. The van der Waals surface area contributed by atoms with Crippen molar-refractivity contribution in [3.05, 3.63) is 0 Å². The number of sulfone groups is 1. The van der Waals surface area contributed by atoms with E-state index in [9.17, 15) is 12.6 Å². The van der Waals surface area contributed by atoms with E-state index in [-0.39, 0.29) is 0 Å². The molecule has 78 valence electrons. The van der Waals surface area contributed by atoms with Crippen LogP contribution >= 0.6 is 11.8 Å². The van der Waals surface area contributed by atoms with Gasteiger partial charge in [-0.25, -0.2) is 8.42 Å². The molecule has 0 aliphatic rings. The van der Waals surface area contributed by atoms with Gasteiger partial charge in [-0.05, 0) is 12.5 Å². The lowest BCUT2D eigenvalue weighted by atomic mass is 11.9. The van der Waals surface area contributed by atoms with Crippen molar-refractivity contribution in [3.8, 4) is 0 Å².